The van der Waals surface area contributed by atoms with Crippen LogP contribution >= 0.6 is 11.8 Å². The molecule has 2 aliphatic rings. The van der Waals surface area contributed by atoms with Crippen LogP contribution in [0.2, 0.25) is 0 Å². The minimum Gasteiger partial charge on any atom is -0.343 e. The second-order valence-corrected chi connectivity index (χ2v) is 12.4. The minimum absolute atomic E-state index is 0.00310. The molecule has 2 aromatic carbocycles. The maximum Gasteiger partial charge on any atom is 0.224 e. The molecule has 7 heteroatoms. The Morgan fingerprint density at radius 3 is 2.32 bits per heavy atom. The van der Waals surface area contributed by atoms with E-state index in [4.69, 9.17) is 0 Å². The summed E-state index contributed by atoms with van der Waals surface area (Å²) in [6.45, 7) is 8.96. The van der Waals surface area contributed by atoms with E-state index < -0.39 is 5.25 Å². The molecule has 6 nitrogen and oxygen atoms in total. The molecule has 2 amide bonds. The molecule has 0 saturated carbocycles. The second-order valence-electron chi connectivity index (χ2n) is 11.0. The molecule has 4 rings (SSSR count). The van der Waals surface area contributed by atoms with E-state index in [1.807, 2.05) is 46.2 Å². The van der Waals surface area contributed by atoms with Crippen LogP contribution < -0.4 is 10.2 Å². The first-order chi connectivity index (χ1) is 18.3. The molecule has 2 heterocycles. The largest absolute Gasteiger partial charge is 0.343 e. The van der Waals surface area contributed by atoms with Crippen LogP contribution in [0.3, 0.4) is 0 Å². The fraction of sp³-hybridized carbons (Fsp3) is 0.516. The number of piperidine rings is 1. The van der Waals surface area contributed by atoms with Crippen LogP contribution in [0.4, 0.5) is 5.69 Å². The van der Waals surface area contributed by atoms with Gasteiger partial charge in [0.05, 0.1) is 10.6 Å². The van der Waals surface area contributed by atoms with Crippen molar-refractivity contribution >= 4 is 35.5 Å². The number of carbonyl (C=O) groups is 3. The van der Waals surface area contributed by atoms with Gasteiger partial charge in [0.2, 0.25) is 11.8 Å². The number of fused-ring (bicyclic) bond motifs is 2. The Bertz CT molecular complexity index is 1100. The summed E-state index contributed by atoms with van der Waals surface area (Å²) in [5.41, 5.74) is 3.36. The smallest absolute Gasteiger partial charge is 0.224 e. The highest BCUT2D eigenvalue weighted by molar-refractivity contribution is 8.00. The van der Waals surface area contributed by atoms with Crippen molar-refractivity contribution in [1.82, 2.24) is 10.2 Å². The van der Waals surface area contributed by atoms with Gasteiger partial charge in [0.15, 0.2) is 0 Å². The number of thioether (sulfide) groups is 1. The van der Waals surface area contributed by atoms with E-state index in [1.54, 1.807) is 6.92 Å². The third-order valence-corrected chi connectivity index (χ3v) is 9.36. The number of hydrogen-bond donors (Lipinski definition) is 1. The van der Waals surface area contributed by atoms with Crippen LogP contribution in [0, 0.1) is 5.92 Å². The van der Waals surface area contributed by atoms with Crippen LogP contribution in [0.1, 0.15) is 69.4 Å². The number of para-hydroxylation sites is 1. The fourth-order valence-corrected chi connectivity index (χ4v) is 6.93. The predicted octanol–water partition coefficient (Wildman–Crippen LogP) is 5.33. The summed E-state index contributed by atoms with van der Waals surface area (Å²) < 4.78 is 0. The summed E-state index contributed by atoms with van der Waals surface area (Å²) in [5.74, 6) is 0.717. The van der Waals surface area contributed by atoms with E-state index >= 15 is 0 Å². The van der Waals surface area contributed by atoms with Gasteiger partial charge >= 0.3 is 0 Å². The van der Waals surface area contributed by atoms with Gasteiger partial charge in [-0.25, -0.2) is 0 Å². The molecule has 2 aromatic rings. The average molecular weight is 536 g/mol. The quantitative estimate of drug-likeness (QED) is 0.329. The summed E-state index contributed by atoms with van der Waals surface area (Å²) in [5, 5.41) is 3.15. The number of rotatable bonds is 10. The SMILES string of the molecule is CC(=O)N1CCC2(CCN(C(=O)CC(C=O)SC(NCCC(C)C)c3ccccc3)CC2)c2ccccc21. The van der Waals surface area contributed by atoms with Gasteiger partial charge in [-0.2, -0.15) is 0 Å². The first-order valence-electron chi connectivity index (χ1n) is 13.9. The number of aldehydes is 1. The zero-order chi connectivity index (χ0) is 27.1. The Balaban J connectivity index is 1.38. The molecule has 2 atom stereocenters. The third-order valence-electron chi connectivity index (χ3n) is 8.03. The number of likely N-dealkylation sites (tertiary alicyclic amines) is 1. The van der Waals surface area contributed by atoms with Gasteiger partial charge < -0.3 is 19.9 Å². The van der Waals surface area contributed by atoms with Gasteiger partial charge in [-0.05, 0) is 55.3 Å². The molecule has 1 spiro atoms. The van der Waals surface area contributed by atoms with Gasteiger partial charge in [0.25, 0.3) is 0 Å². The molecule has 1 saturated heterocycles. The lowest BCUT2D eigenvalue weighted by Gasteiger charge is -2.47. The van der Waals surface area contributed by atoms with Crippen molar-refractivity contribution in [1.29, 1.82) is 0 Å². The number of nitrogens with zero attached hydrogens (tertiary/aromatic N) is 2. The molecule has 1 N–H and O–H groups in total. The number of amides is 2. The highest BCUT2D eigenvalue weighted by Crippen LogP contribution is 2.46. The second kappa shape index (κ2) is 12.9. The fourth-order valence-electron chi connectivity index (χ4n) is 5.75. The van der Waals surface area contributed by atoms with E-state index in [0.717, 1.165) is 56.3 Å². The normalized spacial score (nSPS) is 18.2. The van der Waals surface area contributed by atoms with Gasteiger partial charge in [0.1, 0.15) is 6.29 Å². The highest BCUT2D eigenvalue weighted by Gasteiger charge is 2.42. The Morgan fingerprint density at radius 2 is 1.66 bits per heavy atom. The lowest BCUT2D eigenvalue weighted by atomic mass is 9.68. The van der Waals surface area contributed by atoms with Crippen molar-refractivity contribution in [2.45, 2.75) is 68.9 Å². The van der Waals surface area contributed by atoms with E-state index in [9.17, 15) is 14.4 Å². The number of hydrogen-bond acceptors (Lipinski definition) is 5. The van der Waals surface area contributed by atoms with E-state index in [1.165, 1.54) is 17.3 Å². The maximum absolute atomic E-state index is 13.3. The van der Waals surface area contributed by atoms with E-state index in [2.05, 4.69) is 37.4 Å². The highest BCUT2D eigenvalue weighted by atomic mass is 32.2. The van der Waals surface area contributed by atoms with Crippen LogP contribution in [0.5, 0.6) is 0 Å². The van der Waals surface area contributed by atoms with Crippen molar-refractivity contribution < 1.29 is 14.4 Å². The molecule has 0 bridgehead atoms. The molecular weight excluding hydrogens is 494 g/mol. The number of nitrogens with one attached hydrogen (secondary N) is 1. The summed E-state index contributed by atoms with van der Waals surface area (Å²) in [6, 6.07) is 18.4. The molecule has 38 heavy (non-hydrogen) atoms. The van der Waals surface area contributed by atoms with Crippen molar-refractivity contribution in [3.8, 4) is 0 Å². The molecule has 2 aliphatic heterocycles. The zero-order valence-corrected chi connectivity index (χ0v) is 23.7. The van der Waals surface area contributed by atoms with Gasteiger partial charge in [-0.15, -0.1) is 11.8 Å². The predicted molar refractivity (Wildman–Crippen MR) is 155 cm³/mol. The first-order valence-corrected chi connectivity index (χ1v) is 14.8. The Labute approximate surface area is 231 Å². The minimum atomic E-state index is -0.408. The zero-order valence-electron chi connectivity index (χ0n) is 22.9. The number of carbonyl (C=O) groups excluding carboxylic acids is 3. The Kier molecular flexibility index (Phi) is 9.66. The maximum atomic E-state index is 13.3. The third kappa shape index (κ3) is 6.67. The van der Waals surface area contributed by atoms with Crippen molar-refractivity contribution in [2.24, 2.45) is 5.92 Å². The Hall–Kier alpha value is -2.64. The van der Waals surface area contributed by atoms with Crippen molar-refractivity contribution in [2.75, 3.05) is 31.1 Å². The molecule has 204 valence electrons. The summed E-state index contributed by atoms with van der Waals surface area (Å²) in [4.78, 5) is 41.4. The number of benzene rings is 2. The standard InChI is InChI=1S/C31H41N3O3S/c1-23(2)13-17-32-30(25-9-5-4-6-10-25)38-26(22-35)21-29(37)33-18-14-31(15-19-33)16-20-34(24(3)36)28-12-8-7-11-27(28)31/h4-12,22-23,26,30,32H,13-21H2,1-3H3. The molecule has 0 aliphatic carbocycles. The van der Waals surface area contributed by atoms with Crippen molar-refractivity contribution in [3.63, 3.8) is 0 Å². The van der Waals surface area contributed by atoms with Crippen LogP contribution in [0.25, 0.3) is 0 Å². The molecule has 2 unspecified atom stereocenters. The molecule has 0 radical (unpaired) electrons. The van der Waals surface area contributed by atoms with Crippen LogP contribution in [0.15, 0.2) is 54.6 Å². The Morgan fingerprint density at radius 1 is 1.00 bits per heavy atom. The summed E-state index contributed by atoms with van der Waals surface area (Å²) in [6.07, 6.45) is 4.87. The van der Waals surface area contributed by atoms with Gasteiger partial charge in [0, 0.05) is 44.1 Å². The van der Waals surface area contributed by atoms with Crippen LogP contribution in [-0.4, -0.2) is 54.4 Å². The lowest BCUT2D eigenvalue weighted by Crippen LogP contribution is -2.50. The summed E-state index contributed by atoms with van der Waals surface area (Å²) in [7, 11) is 0. The van der Waals surface area contributed by atoms with Crippen LogP contribution in [-0.2, 0) is 19.8 Å². The van der Waals surface area contributed by atoms with E-state index in [0.29, 0.717) is 19.0 Å². The summed E-state index contributed by atoms with van der Waals surface area (Å²) >= 11 is 1.54. The lowest BCUT2D eigenvalue weighted by molar-refractivity contribution is -0.133. The molecule has 0 aromatic heterocycles. The number of anilines is 1. The topological polar surface area (TPSA) is 69.7 Å². The van der Waals surface area contributed by atoms with Gasteiger partial charge in [-0.3, -0.25) is 9.59 Å². The average Bonchev–Trinajstić information content (AvgIpc) is 2.92. The van der Waals surface area contributed by atoms with Gasteiger partial charge in [-0.1, -0.05) is 62.4 Å². The monoisotopic (exact) mass is 535 g/mol. The molecular formula is C31H41N3O3S. The van der Waals surface area contributed by atoms with E-state index in [-0.39, 0.29) is 29.0 Å². The van der Waals surface area contributed by atoms with Crippen molar-refractivity contribution in [3.05, 3.63) is 65.7 Å². The molecule has 1 fully saturated rings. The first kappa shape index (κ1) is 28.4.